The number of nitrogen functional groups attached to an aromatic ring is 2. The second-order valence-corrected chi connectivity index (χ2v) is 11.4. The third-order valence-electron chi connectivity index (χ3n) is 7.19. The van der Waals surface area contributed by atoms with Gasteiger partial charge in [-0.25, -0.2) is 0 Å². The van der Waals surface area contributed by atoms with Crippen LogP contribution in [-0.2, 0) is 0 Å². The minimum absolute atomic E-state index is 0.498. The van der Waals surface area contributed by atoms with E-state index in [-0.39, 0.29) is 0 Å². The van der Waals surface area contributed by atoms with Crippen LogP contribution in [0.5, 0.6) is 0 Å². The molecule has 3 rings (SSSR count). The van der Waals surface area contributed by atoms with Gasteiger partial charge in [-0.3, -0.25) is 0 Å². The number of unbranched alkanes of at least 4 members (excludes halogenated alkanes) is 12. The molecule has 0 amide bonds. The molecule has 2 aromatic rings. The molecule has 0 saturated heterocycles. The van der Waals surface area contributed by atoms with Crippen LogP contribution in [0.25, 0.3) is 5.57 Å². The summed E-state index contributed by atoms with van der Waals surface area (Å²) in [5.74, 6) is 0. The van der Waals surface area contributed by atoms with Crippen molar-refractivity contribution in [2.24, 2.45) is 0 Å². The minimum Gasteiger partial charge on any atom is -0.399 e. The summed E-state index contributed by atoms with van der Waals surface area (Å²) in [6.45, 7) is 13.5. The van der Waals surface area contributed by atoms with E-state index < -0.39 is 0 Å². The maximum Gasteiger partial charge on any atom is 0.0540 e. The van der Waals surface area contributed by atoms with Gasteiger partial charge in [-0.1, -0.05) is 174 Å². The zero-order chi connectivity index (χ0) is 32.1. The van der Waals surface area contributed by atoms with Gasteiger partial charge in [-0.05, 0) is 58.7 Å². The summed E-state index contributed by atoms with van der Waals surface area (Å²) in [7, 11) is 0. The molecule has 3 nitrogen and oxygen atoms in total. The van der Waals surface area contributed by atoms with Crippen molar-refractivity contribution in [3.05, 3.63) is 89.5 Å². The molecular weight excluding hydrogens is 522 g/mol. The molecule has 240 valence electrons. The maximum atomic E-state index is 7.66. The zero-order valence-corrected chi connectivity index (χ0v) is 28.7. The summed E-state index contributed by atoms with van der Waals surface area (Å²) < 4.78 is 0. The van der Waals surface area contributed by atoms with Gasteiger partial charge in [0.15, 0.2) is 0 Å². The molecule has 1 aliphatic rings. The summed E-state index contributed by atoms with van der Waals surface area (Å²) in [5.41, 5.74) is 17.9. The lowest BCUT2D eigenvalue weighted by Crippen LogP contribution is -1.97. The van der Waals surface area contributed by atoms with Crippen LogP contribution in [0.15, 0.2) is 78.4 Å². The topological polar surface area (TPSA) is 75.9 Å². The summed E-state index contributed by atoms with van der Waals surface area (Å²) in [4.78, 5) is 0. The molecule has 0 atom stereocenters. The molecule has 0 spiro atoms. The summed E-state index contributed by atoms with van der Waals surface area (Å²) in [6, 6.07) is 15.6. The SMILES string of the molecule is CCCCCCC.CCCCCCC.CCCCCCC.N=C1C=CC(=C(c2ccc(N)cc2)c2ccc(N)cc2)C=C1. The monoisotopic (exact) mass is 588 g/mol. The Kier molecular flexibility index (Phi) is 25.8. The van der Waals surface area contributed by atoms with E-state index in [1.165, 1.54) is 96.3 Å². The van der Waals surface area contributed by atoms with E-state index in [2.05, 4.69) is 41.5 Å². The summed E-state index contributed by atoms with van der Waals surface area (Å²) in [6.07, 6.45) is 28.5. The third kappa shape index (κ3) is 20.5. The van der Waals surface area contributed by atoms with E-state index in [1.807, 2.05) is 60.7 Å². The van der Waals surface area contributed by atoms with Gasteiger partial charge in [0, 0.05) is 11.4 Å². The third-order valence-corrected chi connectivity index (χ3v) is 7.19. The van der Waals surface area contributed by atoms with Gasteiger partial charge in [0.25, 0.3) is 0 Å². The van der Waals surface area contributed by atoms with Crippen LogP contribution >= 0.6 is 0 Å². The average Bonchev–Trinajstić information content (AvgIpc) is 3.02. The number of anilines is 2. The van der Waals surface area contributed by atoms with Crippen molar-refractivity contribution < 1.29 is 0 Å². The molecule has 2 aromatic carbocycles. The Morgan fingerprint density at radius 1 is 0.442 bits per heavy atom. The van der Waals surface area contributed by atoms with Crippen molar-refractivity contribution in [1.29, 1.82) is 5.41 Å². The van der Waals surface area contributed by atoms with Crippen molar-refractivity contribution in [3.8, 4) is 0 Å². The molecule has 3 heteroatoms. The predicted octanol–water partition coefficient (Wildman–Crippen LogP) is 12.7. The molecule has 0 saturated carbocycles. The summed E-state index contributed by atoms with van der Waals surface area (Å²) >= 11 is 0. The Hall–Kier alpha value is -3.07. The van der Waals surface area contributed by atoms with Gasteiger partial charge in [0.2, 0.25) is 0 Å². The smallest absolute Gasteiger partial charge is 0.0540 e. The first-order chi connectivity index (χ1) is 20.9. The highest BCUT2D eigenvalue weighted by Crippen LogP contribution is 2.30. The molecule has 0 unspecified atom stereocenters. The molecule has 0 radical (unpaired) electrons. The van der Waals surface area contributed by atoms with Crippen LogP contribution in [-0.4, -0.2) is 5.71 Å². The lowest BCUT2D eigenvalue weighted by Gasteiger charge is -2.14. The van der Waals surface area contributed by atoms with Gasteiger partial charge in [0.1, 0.15) is 0 Å². The normalized spacial score (nSPS) is 11.5. The molecule has 0 aromatic heterocycles. The molecule has 43 heavy (non-hydrogen) atoms. The Labute approximate surface area is 266 Å². The van der Waals surface area contributed by atoms with Crippen molar-refractivity contribution in [2.75, 3.05) is 11.5 Å². The summed E-state index contributed by atoms with van der Waals surface area (Å²) in [5, 5.41) is 7.66. The average molecular weight is 588 g/mol. The molecule has 0 heterocycles. The van der Waals surface area contributed by atoms with Crippen LogP contribution in [0, 0.1) is 5.41 Å². The maximum absolute atomic E-state index is 7.66. The van der Waals surface area contributed by atoms with Crippen molar-refractivity contribution >= 4 is 22.7 Å². The van der Waals surface area contributed by atoms with E-state index in [4.69, 9.17) is 16.9 Å². The van der Waals surface area contributed by atoms with Gasteiger partial charge < -0.3 is 16.9 Å². The van der Waals surface area contributed by atoms with E-state index in [0.717, 1.165) is 33.6 Å². The Balaban J connectivity index is 0.000000690. The minimum atomic E-state index is 0.498. The number of rotatable bonds is 14. The molecular formula is C40H65N3. The van der Waals surface area contributed by atoms with Gasteiger partial charge in [-0.15, -0.1) is 0 Å². The van der Waals surface area contributed by atoms with E-state index in [0.29, 0.717) is 5.71 Å². The second-order valence-electron chi connectivity index (χ2n) is 11.4. The first-order valence-corrected chi connectivity index (χ1v) is 17.3. The highest BCUT2D eigenvalue weighted by molar-refractivity contribution is 6.05. The van der Waals surface area contributed by atoms with Crippen LogP contribution in [0.2, 0.25) is 0 Å². The molecule has 1 aliphatic carbocycles. The Morgan fingerprint density at radius 3 is 0.977 bits per heavy atom. The van der Waals surface area contributed by atoms with E-state index in [1.54, 1.807) is 12.2 Å². The zero-order valence-electron chi connectivity index (χ0n) is 28.7. The predicted molar refractivity (Wildman–Crippen MR) is 197 cm³/mol. The lowest BCUT2D eigenvalue weighted by atomic mass is 9.90. The number of allylic oxidation sites excluding steroid dienone is 5. The number of hydrogen-bond acceptors (Lipinski definition) is 3. The van der Waals surface area contributed by atoms with Crippen LogP contribution in [0.1, 0.15) is 149 Å². The number of benzene rings is 2. The number of hydrogen-bond donors (Lipinski definition) is 3. The van der Waals surface area contributed by atoms with Crippen molar-refractivity contribution in [2.45, 2.75) is 138 Å². The highest BCUT2D eigenvalue weighted by Gasteiger charge is 2.11. The van der Waals surface area contributed by atoms with Gasteiger partial charge >= 0.3 is 0 Å². The fourth-order valence-electron chi connectivity index (χ4n) is 4.47. The number of nitrogens with two attached hydrogens (primary N) is 2. The highest BCUT2D eigenvalue weighted by atomic mass is 14.5. The van der Waals surface area contributed by atoms with Crippen molar-refractivity contribution in [1.82, 2.24) is 0 Å². The largest absolute Gasteiger partial charge is 0.399 e. The Bertz CT molecular complexity index is 925. The molecule has 5 N–H and O–H groups in total. The fourth-order valence-corrected chi connectivity index (χ4v) is 4.47. The standard InChI is InChI=1S/C19H17N3.3C7H16/c20-16-7-1-13(2-8-16)19(14-3-9-17(21)10-4-14)15-5-11-18(22)12-6-15;3*1-3-5-7-6-4-2/h1-12,20H,21-22H2;3*3-7H2,1-2H3. The molecule has 0 aliphatic heterocycles. The first kappa shape index (κ1) is 39.9. The van der Waals surface area contributed by atoms with E-state index in [9.17, 15) is 0 Å². The van der Waals surface area contributed by atoms with Crippen LogP contribution in [0.3, 0.4) is 0 Å². The number of nitrogens with one attached hydrogen (secondary N) is 1. The van der Waals surface area contributed by atoms with Crippen molar-refractivity contribution in [3.63, 3.8) is 0 Å². The van der Waals surface area contributed by atoms with Crippen LogP contribution in [0.4, 0.5) is 11.4 Å². The molecule has 0 bridgehead atoms. The van der Waals surface area contributed by atoms with E-state index >= 15 is 0 Å². The quantitative estimate of drug-likeness (QED) is 0.152. The lowest BCUT2D eigenvalue weighted by molar-refractivity contribution is 0.656. The molecule has 0 fully saturated rings. The van der Waals surface area contributed by atoms with Crippen LogP contribution < -0.4 is 11.5 Å². The van der Waals surface area contributed by atoms with Gasteiger partial charge in [0.05, 0.1) is 5.71 Å². The Morgan fingerprint density at radius 2 is 0.721 bits per heavy atom. The first-order valence-electron chi connectivity index (χ1n) is 17.3. The fraction of sp³-hybridized carbons (Fsp3) is 0.525. The van der Waals surface area contributed by atoms with Gasteiger partial charge in [-0.2, -0.15) is 0 Å². The second kappa shape index (κ2) is 27.7.